The van der Waals surface area contributed by atoms with Crippen molar-refractivity contribution >= 4 is 32.5 Å². The highest BCUT2D eigenvalue weighted by molar-refractivity contribution is 9.10. The second-order valence-electron chi connectivity index (χ2n) is 5.15. The fourth-order valence-corrected chi connectivity index (χ4v) is 2.86. The minimum Gasteiger partial charge on any atom is -0.388 e. The van der Waals surface area contributed by atoms with Gasteiger partial charge in [0.15, 0.2) is 0 Å². The minimum atomic E-state index is 0.686. The summed E-state index contributed by atoms with van der Waals surface area (Å²) in [5, 5.41) is 4.56. The first kappa shape index (κ1) is 12.0. The summed E-state index contributed by atoms with van der Waals surface area (Å²) in [5.41, 5.74) is 6.07. The fourth-order valence-electron chi connectivity index (χ4n) is 2.54. The number of rotatable bonds is 2. The van der Waals surface area contributed by atoms with Crippen molar-refractivity contribution in [2.75, 3.05) is 12.4 Å². The number of anilines is 1. The molecule has 0 amide bonds. The predicted molar refractivity (Wildman–Crippen MR) is 80.4 cm³/mol. The van der Waals surface area contributed by atoms with Crippen molar-refractivity contribution < 1.29 is 0 Å². The van der Waals surface area contributed by atoms with E-state index in [0.29, 0.717) is 5.92 Å². The number of fused-ring (bicyclic) bond motifs is 1. The summed E-state index contributed by atoms with van der Waals surface area (Å²) >= 11 is 3.67. The van der Waals surface area contributed by atoms with E-state index in [-0.39, 0.29) is 0 Å². The molecule has 2 aromatic rings. The molecule has 0 bridgehead atoms. The van der Waals surface area contributed by atoms with Crippen LogP contribution in [0.15, 0.2) is 16.6 Å². The lowest BCUT2D eigenvalue weighted by Gasteiger charge is -2.14. The standard InChI is InChI=1S/C15H17BrN2/c1-8-6-13-14(9(2)15(8)16)12(17-3)7-11(18-13)10-4-5-10/h6-7,10H,4-5H2,1-3H3,(H,17,18). The summed E-state index contributed by atoms with van der Waals surface area (Å²) < 4.78 is 1.19. The quantitative estimate of drug-likeness (QED) is 0.881. The summed E-state index contributed by atoms with van der Waals surface area (Å²) in [6.45, 7) is 4.28. The number of benzene rings is 1. The molecule has 94 valence electrons. The Labute approximate surface area is 116 Å². The predicted octanol–water partition coefficient (Wildman–Crippen LogP) is 4.53. The molecule has 0 saturated heterocycles. The van der Waals surface area contributed by atoms with Gasteiger partial charge in [0.25, 0.3) is 0 Å². The third kappa shape index (κ3) is 1.81. The van der Waals surface area contributed by atoms with Crippen molar-refractivity contribution in [3.63, 3.8) is 0 Å². The zero-order chi connectivity index (χ0) is 12.9. The van der Waals surface area contributed by atoms with E-state index in [0.717, 1.165) is 5.52 Å². The van der Waals surface area contributed by atoms with Crippen LogP contribution in [0.5, 0.6) is 0 Å². The van der Waals surface area contributed by atoms with Crippen LogP contribution in [0.25, 0.3) is 10.9 Å². The van der Waals surface area contributed by atoms with Gasteiger partial charge < -0.3 is 5.32 Å². The number of aryl methyl sites for hydroxylation is 2. The number of pyridine rings is 1. The van der Waals surface area contributed by atoms with Crippen molar-refractivity contribution in [2.45, 2.75) is 32.6 Å². The lowest BCUT2D eigenvalue weighted by atomic mass is 10.0. The lowest BCUT2D eigenvalue weighted by Crippen LogP contribution is -1.98. The molecule has 3 rings (SSSR count). The largest absolute Gasteiger partial charge is 0.388 e. The van der Waals surface area contributed by atoms with E-state index in [2.05, 4.69) is 47.2 Å². The smallest absolute Gasteiger partial charge is 0.0732 e. The number of aromatic nitrogens is 1. The molecule has 1 fully saturated rings. The zero-order valence-corrected chi connectivity index (χ0v) is 12.6. The van der Waals surface area contributed by atoms with E-state index >= 15 is 0 Å². The van der Waals surface area contributed by atoms with E-state index in [1.807, 2.05) is 7.05 Å². The van der Waals surface area contributed by atoms with Crippen LogP contribution >= 0.6 is 15.9 Å². The van der Waals surface area contributed by atoms with Crippen molar-refractivity contribution in [3.8, 4) is 0 Å². The SMILES string of the molecule is CNc1cc(C2CC2)nc2cc(C)c(Br)c(C)c12. The van der Waals surface area contributed by atoms with Crippen LogP contribution in [0, 0.1) is 13.8 Å². The maximum atomic E-state index is 4.85. The van der Waals surface area contributed by atoms with E-state index < -0.39 is 0 Å². The normalized spacial score (nSPS) is 15.1. The topological polar surface area (TPSA) is 24.9 Å². The first-order valence-electron chi connectivity index (χ1n) is 6.40. The molecule has 0 unspecified atom stereocenters. The summed E-state index contributed by atoms with van der Waals surface area (Å²) in [4.78, 5) is 4.85. The van der Waals surface area contributed by atoms with Crippen LogP contribution in [-0.4, -0.2) is 12.0 Å². The van der Waals surface area contributed by atoms with E-state index in [9.17, 15) is 0 Å². The van der Waals surface area contributed by atoms with Crippen LogP contribution < -0.4 is 5.32 Å². The van der Waals surface area contributed by atoms with E-state index in [1.54, 1.807) is 0 Å². The lowest BCUT2D eigenvalue weighted by molar-refractivity contribution is 1.04. The Kier molecular flexibility index (Phi) is 2.81. The molecule has 0 spiro atoms. The molecule has 1 aromatic carbocycles. The molecule has 1 heterocycles. The van der Waals surface area contributed by atoms with Crippen molar-refractivity contribution in [2.24, 2.45) is 0 Å². The number of nitrogens with zero attached hydrogens (tertiary/aromatic N) is 1. The molecule has 0 radical (unpaired) electrons. The van der Waals surface area contributed by atoms with Gasteiger partial charge in [-0.15, -0.1) is 0 Å². The van der Waals surface area contributed by atoms with Gasteiger partial charge in [0.1, 0.15) is 0 Å². The summed E-state index contributed by atoms with van der Waals surface area (Å²) in [7, 11) is 1.98. The molecular weight excluding hydrogens is 288 g/mol. The van der Waals surface area contributed by atoms with Gasteiger partial charge in [-0.2, -0.15) is 0 Å². The molecule has 18 heavy (non-hydrogen) atoms. The average Bonchev–Trinajstić information content (AvgIpc) is 3.18. The Bertz CT molecular complexity index is 630. The highest BCUT2D eigenvalue weighted by atomic mass is 79.9. The monoisotopic (exact) mass is 304 g/mol. The second-order valence-corrected chi connectivity index (χ2v) is 5.94. The van der Waals surface area contributed by atoms with Gasteiger partial charge in [0.05, 0.1) is 5.52 Å². The van der Waals surface area contributed by atoms with E-state index in [1.165, 1.54) is 45.2 Å². The van der Waals surface area contributed by atoms with Crippen molar-refractivity contribution in [1.29, 1.82) is 0 Å². The van der Waals surface area contributed by atoms with Crippen LogP contribution in [-0.2, 0) is 0 Å². The summed E-state index contributed by atoms with van der Waals surface area (Å²) in [6.07, 6.45) is 2.58. The maximum Gasteiger partial charge on any atom is 0.0732 e. The van der Waals surface area contributed by atoms with Gasteiger partial charge >= 0.3 is 0 Å². The Morgan fingerprint density at radius 3 is 2.61 bits per heavy atom. The zero-order valence-electron chi connectivity index (χ0n) is 11.0. The number of halogens is 1. The van der Waals surface area contributed by atoms with Gasteiger partial charge in [-0.3, -0.25) is 4.98 Å². The first-order chi connectivity index (χ1) is 8.61. The minimum absolute atomic E-state index is 0.686. The van der Waals surface area contributed by atoms with Gasteiger partial charge in [-0.25, -0.2) is 0 Å². The first-order valence-corrected chi connectivity index (χ1v) is 7.19. The Hall–Kier alpha value is -1.09. The number of hydrogen-bond acceptors (Lipinski definition) is 2. The van der Waals surface area contributed by atoms with Gasteiger partial charge in [-0.05, 0) is 49.9 Å². The van der Waals surface area contributed by atoms with Crippen LogP contribution in [0.1, 0.15) is 35.6 Å². The van der Waals surface area contributed by atoms with Gasteiger partial charge in [0.2, 0.25) is 0 Å². The Balaban J connectivity index is 2.35. The third-order valence-corrected chi connectivity index (χ3v) is 4.96. The highest BCUT2D eigenvalue weighted by Gasteiger charge is 2.26. The number of nitrogens with one attached hydrogen (secondary N) is 1. The molecule has 1 aliphatic carbocycles. The third-order valence-electron chi connectivity index (χ3n) is 3.74. The summed E-state index contributed by atoms with van der Waals surface area (Å²) in [6, 6.07) is 4.40. The van der Waals surface area contributed by atoms with E-state index in [4.69, 9.17) is 4.98 Å². The molecule has 1 saturated carbocycles. The van der Waals surface area contributed by atoms with Crippen molar-refractivity contribution in [3.05, 3.63) is 33.4 Å². The average molecular weight is 305 g/mol. The van der Waals surface area contributed by atoms with Crippen LogP contribution in [0.4, 0.5) is 5.69 Å². The number of hydrogen-bond donors (Lipinski definition) is 1. The fraction of sp³-hybridized carbons (Fsp3) is 0.400. The molecule has 3 heteroatoms. The molecule has 1 aromatic heterocycles. The van der Waals surface area contributed by atoms with Crippen LogP contribution in [0.2, 0.25) is 0 Å². The van der Waals surface area contributed by atoms with Gasteiger partial charge in [-0.1, -0.05) is 15.9 Å². The summed E-state index contributed by atoms with van der Waals surface area (Å²) in [5.74, 6) is 0.686. The highest BCUT2D eigenvalue weighted by Crippen LogP contribution is 2.42. The molecule has 1 aliphatic rings. The molecule has 0 aliphatic heterocycles. The van der Waals surface area contributed by atoms with Gasteiger partial charge in [0, 0.05) is 34.2 Å². The Morgan fingerprint density at radius 1 is 1.28 bits per heavy atom. The molecule has 0 atom stereocenters. The molecule has 1 N–H and O–H groups in total. The molecule has 2 nitrogen and oxygen atoms in total. The Morgan fingerprint density at radius 2 is 2.00 bits per heavy atom. The maximum absolute atomic E-state index is 4.85. The van der Waals surface area contributed by atoms with Crippen LogP contribution in [0.3, 0.4) is 0 Å². The van der Waals surface area contributed by atoms with Crippen molar-refractivity contribution in [1.82, 2.24) is 4.98 Å². The molecular formula is C15H17BrN2. The second kappa shape index (κ2) is 4.23.